The van der Waals surface area contributed by atoms with Crippen LogP contribution >= 0.6 is 0 Å². The molecule has 1 saturated heterocycles. The average Bonchev–Trinajstić information content (AvgIpc) is 3.46. The number of aryl methyl sites for hydroxylation is 1. The van der Waals surface area contributed by atoms with Gasteiger partial charge in [-0.3, -0.25) is 28.6 Å². The maximum Gasteiger partial charge on any atom is 0.333 e. The molecule has 0 unspecified atom stereocenters. The second kappa shape index (κ2) is 10.6. The standard InChI is InChI=1S/C28H32N8O3/c1-2-12-35-25-23(27(38)36(28(35)39)21-8-9-21)31-24(32-25)19-7-10-22(30-18-19)34(16-15-33-13-3-4-14-33)26(37)20-6-5-11-29-17-20/h5-7,10-11,17-18,21H,2-4,8-9,12-16H2,1H3,(H,31,32). The lowest BCUT2D eigenvalue weighted by Gasteiger charge is -2.25. The second-order valence-electron chi connectivity index (χ2n) is 10.3. The maximum absolute atomic E-state index is 13.4. The highest BCUT2D eigenvalue weighted by atomic mass is 16.2. The van der Waals surface area contributed by atoms with Crippen LogP contribution in [0.4, 0.5) is 5.82 Å². The van der Waals surface area contributed by atoms with E-state index < -0.39 is 0 Å². The van der Waals surface area contributed by atoms with Crippen LogP contribution in [0.15, 0.2) is 52.4 Å². The van der Waals surface area contributed by atoms with Gasteiger partial charge in [0.1, 0.15) is 17.2 Å². The number of anilines is 1. The van der Waals surface area contributed by atoms with Gasteiger partial charge in [-0.25, -0.2) is 14.8 Å². The zero-order valence-corrected chi connectivity index (χ0v) is 22.0. The Kier molecular flexibility index (Phi) is 6.82. The molecule has 1 aliphatic heterocycles. The molecule has 1 saturated carbocycles. The highest BCUT2D eigenvalue weighted by Crippen LogP contribution is 2.32. The van der Waals surface area contributed by atoms with Crippen molar-refractivity contribution in [3.63, 3.8) is 0 Å². The number of amides is 1. The number of nitrogens with one attached hydrogen (secondary N) is 1. The monoisotopic (exact) mass is 528 g/mol. The van der Waals surface area contributed by atoms with E-state index in [4.69, 9.17) is 0 Å². The molecule has 0 radical (unpaired) electrons. The molecule has 0 spiro atoms. The van der Waals surface area contributed by atoms with Gasteiger partial charge in [-0.2, -0.15) is 0 Å². The van der Waals surface area contributed by atoms with Crippen LogP contribution in [0.5, 0.6) is 0 Å². The van der Waals surface area contributed by atoms with Crippen molar-refractivity contribution in [2.75, 3.05) is 31.1 Å². The van der Waals surface area contributed by atoms with Crippen LogP contribution in [0.25, 0.3) is 22.6 Å². The van der Waals surface area contributed by atoms with Crippen molar-refractivity contribution in [1.29, 1.82) is 0 Å². The highest BCUT2D eigenvalue weighted by Gasteiger charge is 2.30. The molecule has 2 fully saturated rings. The quantitative estimate of drug-likeness (QED) is 0.354. The van der Waals surface area contributed by atoms with E-state index in [0.29, 0.717) is 47.0 Å². The average molecular weight is 529 g/mol. The first-order valence-corrected chi connectivity index (χ1v) is 13.7. The minimum Gasteiger partial charge on any atom is -0.332 e. The van der Waals surface area contributed by atoms with E-state index in [2.05, 4.69) is 24.8 Å². The summed E-state index contributed by atoms with van der Waals surface area (Å²) < 4.78 is 2.95. The summed E-state index contributed by atoms with van der Waals surface area (Å²) in [5.41, 5.74) is 1.23. The zero-order chi connectivity index (χ0) is 26.9. The third-order valence-corrected chi connectivity index (χ3v) is 7.46. The highest BCUT2D eigenvalue weighted by molar-refractivity contribution is 6.05. The van der Waals surface area contributed by atoms with Crippen LogP contribution in [-0.2, 0) is 6.54 Å². The molecule has 1 N–H and O–H groups in total. The molecule has 4 aromatic heterocycles. The van der Waals surface area contributed by atoms with Crippen LogP contribution < -0.4 is 16.1 Å². The topological polar surface area (TPSA) is 122 Å². The number of imidazole rings is 1. The van der Waals surface area contributed by atoms with Crippen molar-refractivity contribution in [3.8, 4) is 11.4 Å². The summed E-state index contributed by atoms with van der Waals surface area (Å²) in [7, 11) is 0. The number of H-pyrrole nitrogens is 1. The van der Waals surface area contributed by atoms with Crippen LogP contribution in [-0.4, -0.2) is 66.1 Å². The number of rotatable bonds is 9. The van der Waals surface area contributed by atoms with Crippen LogP contribution in [0.2, 0.25) is 0 Å². The van der Waals surface area contributed by atoms with Gasteiger partial charge in [-0.1, -0.05) is 6.92 Å². The first-order valence-electron chi connectivity index (χ1n) is 13.7. The first-order chi connectivity index (χ1) is 19.0. The van der Waals surface area contributed by atoms with Crippen molar-refractivity contribution in [2.24, 2.45) is 0 Å². The Hall–Kier alpha value is -4.12. The fourth-order valence-corrected chi connectivity index (χ4v) is 5.25. The van der Waals surface area contributed by atoms with Crippen LogP contribution in [0, 0.1) is 0 Å². The molecule has 4 aromatic rings. The summed E-state index contributed by atoms with van der Waals surface area (Å²) in [4.78, 5) is 60.3. The number of hydrogen-bond donors (Lipinski definition) is 1. The van der Waals surface area contributed by atoms with Gasteiger partial charge in [0.05, 0.1) is 5.56 Å². The van der Waals surface area contributed by atoms with Gasteiger partial charge < -0.3 is 9.88 Å². The SMILES string of the molecule is CCCn1c(=O)n(C2CC2)c(=O)c2[nH]c(-c3ccc(N(CCN4CCCC4)C(=O)c4cccnc4)nc3)nc21. The largest absolute Gasteiger partial charge is 0.333 e. The molecule has 202 valence electrons. The molecule has 11 nitrogen and oxygen atoms in total. The number of hydrogen-bond acceptors (Lipinski definition) is 7. The molecular weight excluding hydrogens is 496 g/mol. The van der Waals surface area contributed by atoms with Crippen molar-refractivity contribution in [1.82, 2.24) is 34.0 Å². The molecule has 11 heteroatoms. The maximum atomic E-state index is 13.4. The molecule has 1 amide bonds. The number of aromatic nitrogens is 6. The summed E-state index contributed by atoms with van der Waals surface area (Å²) in [5.74, 6) is 0.832. The summed E-state index contributed by atoms with van der Waals surface area (Å²) in [5, 5.41) is 0. The lowest BCUT2D eigenvalue weighted by molar-refractivity contribution is 0.0983. The summed E-state index contributed by atoms with van der Waals surface area (Å²) in [6.45, 7) is 5.82. The van der Waals surface area contributed by atoms with Gasteiger partial charge in [-0.05, 0) is 69.5 Å². The lowest BCUT2D eigenvalue weighted by atomic mass is 10.2. The number of carbonyl (C=O) groups is 1. The van der Waals surface area contributed by atoms with Crippen LogP contribution in [0.1, 0.15) is 55.4 Å². The minimum absolute atomic E-state index is 0.0332. The molecule has 0 atom stereocenters. The summed E-state index contributed by atoms with van der Waals surface area (Å²) in [6.07, 6.45) is 9.64. The third kappa shape index (κ3) is 4.89. The number of carbonyl (C=O) groups excluding carboxylic acids is 1. The van der Waals surface area contributed by atoms with E-state index in [-0.39, 0.29) is 23.2 Å². The molecule has 0 aromatic carbocycles. The van der Waals surface area contributed by atoms with Crippen molar-refractivity contribution in [2.45, 2.75) is 51.6 Å². The fourth-order valence-electron chi connectivity index (χ4n) is 5.25. The fraction of sp³-hybridized carbons (Fsp3) is 0.429. The number of likely N-dealkylation sites (tertiary alicyclic amines) is 1. The molecular formula is C28H32N8O3. The summed E-state index contributed by atoms with van der Waals surface area (Å²) in [6, 6.07) is 7.10. The van der Waals surface area contributed by atoms with E-state index in [1.54, 1.807) is 46.3 Å². The van der Waals surface area contributed by atoms with Gasteiger partial charge in [0.2, 0.25) is 0 Å². The number of fused-ring (bicyclic) bond motifs is 1. The van der Waals surface area contributed by atoms with E-state index in [9.17, 15) is 14.4 Å². The Morgan fingerprint density at radius 3 is 2.59 bits per heavy atom. The van der Waals surface area contributed by atoms with E-state index >= 15 is 0 Å². The Labute approximate surface area is 225 Å². The second-order valence-corrected chi connectivity index (χ2v) is 10.3. The first kappa shape index (κ1) is 25.2. The predicted molar refractivity (Wildman–Crippen MR) is 148 cm³/mol. The van der Waals surface area contributed by atoms with Crippen molar-refractivity contribution >= 4 is 22.9 Å². The van der Waals surface area contributed by atoms with Crippen molar-refractivity contribution in [3.05, 3.63) is 69.3 Å². The zero-order valence-electron chi connectivity index (χ0n) is 22.0. The Morgan fingerprint density at radius 1 is 1.10 bits per heavy atom. The van der Waals surface area contributed by atoms with E-state index in [1.807, 2.05) is 13.0 Å². The van der Waals surface area contributed by atoms with Crippen LogP contribution in [0.3, 0.4) is 0 Å². The third-order valence-electron chi connectivity index (χ3n) is 7.46. The number of pyridine rings is 2. The molecule has 2 aliphatic rings. The van der Waals surface area contributed by atoms with Crippen molar-refractivity contribution < 1.29 is 4.79 Å². The van der Waals surface area contributed by atoms with Gasteiger partial charge >= 0.3 is 5.69 Å². The summed E-state index contributed by atoms with van der Waals surface area (Å²) >= 11 is 0. The minimum atomic E-state index is -0.330. The van der Waals surface area contributed by atoms with E-state index in [1.165, 1.54) is 17.4 Å². The molecule has 0 bridgehead atoms. The number of nitrogens with zero attached hydrogens (tertiary/aromatic N) is 7. The number of aromatic amines is 1. The predicted octanol–water partition coefficient (Wildman–Crippen LogP) is 2.83. The Bertz CT molecular complexity index is 1600. The molecule has 5 heterocycles. The van der Waals surface area contributed by atoms with Gasteiger partial charge in [0.25, 0.3) is 11.5 Å². The molecule has 1 aliphatic carbocycles. The van der Waals surface area contributed by atoms with E-state index in [0.717, 1.165) is 38.9 Å². The molecule has 6 rings (SSSR count). The lowest BCUT2D eigenvalue weighted by Crippen LogP contribution is -2.39. The smallest absolute Gasteiger partial charge is 0.332 e. The Balaban J connectivity index is 1.33. The van der Waals surface area contributed by atoms with Gasteiger partial charge in [-0.15, -0.1) is 0 Å². The molecule has 39 heavy (non-hydrogen) atoms. The normalized spacial score (nSPS) is 15.7. The Morgan fingerprint density at radius 2 is 1.92 bits per heavy atom. The van der Waals surface area contributed by atoms with Gasteiger partial charge in [0, 0.05) is 49.8 Å². The van der Waals surface area contributed by atoms with Gasteiger partial charge in [0.15, 0.2) is 5.65 Å².